The molecule has 1 fully saturated rings. The molecule has 2 heterocycles. The molecule has 3 N–H and O–H groups in total. The van der Waals surface area contributed by atoms with Crippen molar-refractivity contribution in [3.05, 3.63) is 54.1 Å². The summed E-state index contributed by atoms with van der Waals surface area (Å²) < 4.78 is 27.4. The molecule has 1 aliphatic heterocycles. The monoisotopic (exact) mass is 375 g/mol. The number of benzene rings is 1. The van der Waals surface area contributed by atoms with Gasteiger partial charge in [0.25, 0.3) is 5.91 Å². The molecule has 138 valence electrons. The molecule has 0 spiro atoms. The zero-order valence-electron chi connectivity index (χ0n) is 14.2. The summed E-state index contributed by atoms with van der Waals surface area (Å²) in [4.78, 5) is 20.4. The first kappa shape index (κ1) is 18.4. The molecule has 1 aromatic carbocycles. The van der Waals surface area contributed by atoms with Gasteiger partial charge in [0.1, 0.15) is 0 Å². The van der Waals surface area contributed by atoms with Gasteiger partial charge in [-0.2, -0.15) is 0 Å². The first-order valence-electron chi connectivity index (χ1n) is 8.41. The Morgan fingerprint density at radius 3 is 2.92 bits per heavy atom. The number of nitrogens with one attached hydrogen (secondary N) is 3. The Kier molecular flexibility index (Phi) is 5.92. The van der Waals surface area contributed by atoms with Crippen molar-refractivity contribution in [2.75, 3.05) is 19.6 Å². The minimum Gasteiger partial charge on any atom is -0.348 e. The maximum atomic E-state index is 12.5. The molecule has 9 heteroatoms. The van der Waals surface area contributed by atoms with E-state index < -0.39 is 10.0 Å². The van der Waals surface area contributed by atoms with Crippen LogP contribution >= 0.6 is 0 Å². The summed E-state index contributed by atoms with van der Waals surface area (Å²) in [5, 5.41) is 6.08. The Balaban J connectivity index is 1.62. The highest BCUT2D eigenvalue weighted by molar-refractivity contribution is 7.89. The van der Waals surface area contributed by atoms with Gasteiger partial charge in [0.15, 0.2) is 0 Å². The first-order chi connectivity index (χ1) is 12.5. The van der Waals surface area contributed by atoms with Gasteiger partial charge < -0.3 is 10.6 Å². The first-order valence-corrected chi connectivity index (χ1v) is 9.89. The van der Waals surface area contributed by atoms with Crippen molar-refractivity contribution in [3.63, 3.8) is 0 Å². The highest BCUT2D eigenvalue weighted by atomic mass is 32.2. The van der Waals surface area contributed by atoms with Crippen molar-refractivity contribution in [1.29, 1.82) is 0 Å². The molecule has 1 saturated heterocycles. The third kappa shape index (κ3) is 4.84. The van der Waals surface area contributed by atoms with Crippen LogP contribution in [-0.4, -0.2) is 50.0 Å². The molecule has 0 radical (unpaired) electrons. The molecule has 1 aromatic heterocycles. The van der Waals surface area contributed by atoms with Crippen LogP contribution in [0.2, 0.25) is 0 Å². The summed E-state index contributed by atoms with van der Waals surface area (Å²) >= 11 is 0. The van der Waals surface area contributed by atoms with E-state index in [0.29, 0.717) is 17.7 Å². The predicted octanol–water partition coefficient (Wildman–Crippen LogP) is 0.0893. The van der Waals surface area contributed by atoms with Crippen molar-refractivity contribution >= 4 is 15.9 Å². The minimum absolute atomic E-state index is 0.0637. The van der Waals surface area contributed by atoms with Crippen LogP contribution in [0, 0.1) is 0 Å². The van der Waals surface area contributed by atoms with Gasteiger partial charge in [0.2, 0.25) is 10.0 Å². The van der Waals surface area contributed by atoms with E-state index in [9.17, 15) is 13.2 Å². The summed E-state index contributed by atoms with van der Waals surface area (Å²) in [7, 11) is -3.70. The second kappa shape index (κ2) is 8.35. The van der Waals surface area contributed by atoms with Crippen LogP contribution < -0.4 is 15.4 Å². The van der Waals surface area contributed by atoms with E-state index in [4.69, 9.17) is 0 Å². The molecule has 2 aromatic rings. The Morgan fingerprint density at radius 2 is 2.19 bits per heavy atom. The summed E-state index contributed by atoms with van der Waals surface area (Å²) in [5.41, 5.74) is 1.03. The van der Waals surface area contributed by atoms with E-state index in [2.05, 4.69) is 25.3 Å². The van der Waals surface area contributed by atoms with Gasteiger partial charge in [0.05, 0.1) is 10.6 Å². The van der Waals surface area contributed by atoms with Crippen LogP contribution in [0.5, 0.6) is 0 Å². The average molecular weight is 375 g/mol. The third-order valence-electron chi connectivity index (χ3n) is 4.09. The summed E-state index contributed by atoms with van der Waals surface area (Å²) in [5.74, 6) is -0.268. The molecule has 1 unspecified atom stereocenters. The fourth-order valence-electron chi connectivity index (χ4n) is 2.71. The van der Waals surface area contributed by atoms with Crippen LogP contribution in [0.25, 0.3) is 0 Å². The fraction of sp³-hybridized carbons (Fsp3) is 0.353. The van der Waals surface area contributed by atoms with Crippen molar-refractivity contribution in [1.82, 2.24) is 25.3 Å². The predicted molar refractivity (Wildman–Crippen MR) is 96.1 cm³/mol. The number of sulfonamides is 1. The smallest absolute Gasteiger partial charge is 0.251 e. The van der Waals surface area contributed by atoms with Crippen molar-refractivity contribution in [3.8, 4) is 0 Å². The quantitative estimate of drug-likeness (QED) is 0.632. The lowest BCUT2D eigenvalue weighted by atomic mass is 10.2. The largest absolute Gasteiger partial charge is 0.348 e. The lowest BCUT2D eigenvalue weighted by Crippen LogP contribution is -2.36. The molecule has 0 saturated carbocycles. The highest BCUT2D eigenvalue weighted by Crippen LogP contribution is 2.12. The number of hydrogen-bond donors (Lipinski definition) is 3. The standard InChI is InChI=1S/C17H21N5O3S/c23-17(22-15-4-6-18-12-15)13-2-1-3-16(10-13)26(24,25)21-7-5-14-11-19-8-9-20-14/h1-3,8-11,15,18,21H,4-7,12H2,(H,22,23). The van der Waals surface area contributed by atoms with Gasteiger partial charge in [-0.25, -0.2) is 13.1 Å². The number of nitrogens with zero attached hydrogens (tertiary/aromatic N) is 2. The molecular weight excluding hydrogens is 354 g/mol. The topological polar surface area (TPSA) is 113 Å². The summed E-state index contributed by atoms with van der Waals surface area (Å²) in [6.07, 6.45) is 6.02. The van der Waals surface area contributed by atoms with Crippen LogP contribution in [0.4, 0.5) is 0 Å². The third-order valence-corrected chi connectivity index (χ3v) is 5.55. The molecular formula is C17H21N5O3S. The second-order valence-electron chi connectivity index (χ2n) is 6.04. The molecule has 0 aliphatic carbocycles. The van der Waals surface area contributed by atoms with Crippen LogP contribution in [0.1, 0.15) is 22.5 Å². The number of amides is 1. The molecule has 26 heavy (non-hydrogen) atoms. The van der Waals surface area contributed by atoms with Gasteiger partial charge in [-0.1, -0.05) is 6.07 Å². The van der Waals surface area contributed by atoms with Crippen molar-refractivity contribution < 1.29 is 13.2 Å². The van der Waals surface area contributed by atoms with E-state index in [1.807, 2.05) is 0 Å². The molecule has 1 atom stereocenters. The van der Waals surface area contributed by atoms with Crippen LogP contribution in [-0.2, 0) is 16.4 Å². The highest BCUT2D eigenvalue weighted by Gasteiger charge is 2.19. The normalized spacial score (nSPS) is 17.2. The molecule has 8 nitrogen and oxygen atoms in total. The van der Waals surface area contributed by atoms with E-state index in [1.54, 1.807) is 30.7 Å². The van der Waals surface area contributed by atoms with Gasteiger partial charge in [-0.05, 0) is 31.2 Å². The van der Waals surface area contributed by atoms with E-state index >= 15 is 0 Å². The minimum atomic E-state index is -3.70. The van der Waals surface area contributed by atoms with Gasteiger partial charge in [-0.3, -0.25) is 14.8 Å². The van der Waals surface area contributed by atoms with Gasteiger partial charge >= 0.3 is 0 Å². The SMILES string of the molecule is O=C(NC1CCNC1)c1cccc(S(=O)(=O)NCCc2cnccn2)c1. The molecule has 1 aliphatic rings. The summed E-state index contributed by atoms with van der Waals surface area (Å²) in [6.45, 7) is 1.80. The molecule has 1 amide bonds. The number of carbonyl (C=O) groups excluding carboxylic acids is 1. The Bertz CT molecular complexity index is 852. The van der Waals surface area contributed by atoms with E-state index in [1.165, 1.54) is 12.1 Å². The second-order valence-corrected chi connectivity index (χ2v) is 7.80. The Morgan fingerprint density at radius 1 is 1.31 bits per heavy atom. The Labute approximate surface area is 152 Å². The summed E-state index contributed by atoms with van der Waals surface area (Å²) in [6, 6.07) is 6.11. The number of carbonyl (C=O) groups is 1. The lowest BCUT2D eigenvalue weighted by Gasteiger charge is -2.12. The average Bonchev–Trinajstić information content (AvgIpc) is 3.15. The molecule has 3 rings (SSSR count). The number of rotatable bonds is 7. The maximum Gasteiger partial charge on any atom is 0.251 e. The zero-order chi connectivity index (χ0) is 18.4. The van der Waals surface area contributed by atoms with Gasteiger partial charge in [-0.15, -0.1) is 0 Å². The fourth-order valence-corrected chi connectivity index (χ4v) is 3.78. The van der Waals surface area contributed by atoms with Crippen LogP contribution in [0.3, 0.4) is 0 Å². The van der Waals surface area contributed by atoms with Gasteiger partial charge in [0, 0.05) is 49.7 Å². The number of hydrogen-bond acceptors (Lipinski definition) is 6. The lowest BCUT2D eigenvalue weighted by molar-refractivity contribution is 0.0940. The van der Waals surface area contributed by atoms with E-state index in [-0.39, 0.29) is 23.4 Å². The van der Waals surface area contributed by atoms with E-state index in [0.717, 1.165) is 19.5 Å². The van der Waals surface area contributed by atoms with Crippen molar-refractivity contribution in [2.24, 2.45) is 0 Å². The Hall–Kier alpha value is -2.36. The zero-order valence-corrected chi connectivity index (χ0v) is 15.0. The number of aromatic nitrogens is 2. The van der Waals surface area contributed by atoms with Crippen molar-refractivity contribution in [2.45, 2.75) is 23.8 Å². The molecule has 0 bridgehead atoms. The maximum absolute atomic E-state index is 12.5. The van der Waals surface area contributed by atoms with Crippen LogP contribution in [0.15, 0.2) is 47.8 Å².